The summed E-state index contributed by atoms with van der Waals surface area (Å²) in [4.78, 5) is 33.1. The number of benzene rings is 2. The number of anilines is 1. The predicted molar refractivity (Wildman–Crippen MR) is 118 cm³/mol. The third kappa shape index (κ3) is 4.08. The number of rotatable bonds is 4. The van der Waals surface area contributed by atoms with Crippen molar-refractivity contribution in [3.63, 3.8) is 0 Å². The van der Waals surface area contributed by atoms with Gasteiger partial charge in [0.1, 0.15) is 17.3 Å². The van der Waals surface area contributed by atoms with Gasteiger partial charge >= 0.3 is 0 Å². The number of aryl methyl sites for hydroxylation is 1. The highest BCUT2D eigenvalue weighted by Gasteiger charge is 2.25. The molecule has 1 saturated heterocycles. The maximum atomic E-state index is 13.8. The molecule has 160 valence electrons. The first-order valence-electron chi connectivity index (χ1n) is 10.2. The molecule has 7 heteroatoms. The van der Waals surface area contributed by atoms with E-state index >= 15 is 0 Å². The Kier molecular flexibility index (Phi) is 5.59. The highest BCUT2D eigenvalue weighted by Crippen LogP contribution is 2.29. The van der Waals surface area contributed by atoms with E-state index in [0.29, 0.717) is 59.7 Å². The van der Waals surface area contributed by atoms with Crippen molar-refractivity contribution in [1.82, 2.24) is 9.88 Å². The number of methoxy groups -OCH3 is 1. The van der Waals surface area contributed by atoms with E-state index in [1.165, 1.54) is 19.2 Å². The van der Waals surface area contributed by atoms with Crippen LogP contribution in [0.4, 0.5) is 10.1 Å². The second-order valence-corrected chi connectivity index (χ2v) is 7.71. The van der Waals surface area contributed by atoms with Gasteiger partial charge in [-0.05, 0) is 55.8 Å². The molecule has 1 aromatic heterocycles. The van der Waals surface area contributed by atoms with Crippen LogP contribution in [0.2, 0.25) is 0 Å². The van der Waals surface area contributed by atoms with Gasteiger partial charge in [-0.15, -0.1) is 0 Å². The first-order valence-corrected chi connectivity index (χ1v) is 10.2. The molecule has 0 atom stereocenters. The average Bonchev–Trinajstić information content (AvgIpc) is 2.78. The van der Waals surface area contributed by atoms with Crippen molar-refractivity contribution in [2.45, 2.75) is 13.8 Å². The van der Waals surface area contributed by atoms with Crippen LogP contribution in [0.25, 0.3) is 10.9 Å². The predicted octanol–water partition coefficient (Wildman–Crippen LogP) is 3.86. The van der Waals surface area contributed by atoms with Crippen LogP contribution in [0.1, 0.15) is 33.3 Å². The number of halogens is 1. The molecule has 0 N–H and O–H groups in total. The average molecular weight is 421 g/mol. The van der Waals surface area contributed by atoms with Crippen molar-refractivity contribution in [2.75, 3.05) is 38.2 Å². The molecule has 2 heterocycles. The zero-order valence-corrected chi connectivity index (χ0v) is 17.8. The van der Waals surface area contributed by atoms with Crippen molar-refractivity contribution >= 4 is 28.3 Å². The summed E-state index contributed by atoms with van der Waals surface area (Å²) in [6.45, 7) is 5.78. The number of fused-ring (bicyclic) bond motifs is 1. The van der Waals surface area contributed by atoms with Gasteiger partial charge in [0, 0.05) is 48.9 Å². The number of piperazine rings is 1. The molecule has 6 nitrogen and oxygen atoms in total. The molecule has 2 aromatic carbocycles. The summed E-state index contributed by atoms with van der Waals surface area (Å²) in [5, 5.41) is 0.551. The van der Waals surface area contributed by atoms with Gasteiger partial charge in [0.15, 0.2) is 5.78 Å². The molecular formula is C24H24FN3O3. The zero-order valence-electron chi connectivity index (χ0n) is 17.8. The Balaban J connectivity index is 1.52. The van der Waals surface area contributed by atoms with E-state index in [-0.39, 0.29) is 17.5 Å². The lowest BCUT2D eigenvalue weighted by atomic mass is 10.1. The quantitative estimate of drug-likeness (QED) is 0.599. The van der Waals surface area contributed by atoms with Gasteiger partial charge in [0.25, 0.3) is 5.91 Å². The van der Waals surface area contributed by atoms with Crippen LogP contribution in [-0.2, 0) is 0 Å². The van der Waals surface area contributed by atoms with E-state index in [9.17, 15) is 14.0 Å². The summed E-state index contributed by atoms with van der Waals surface area (Å²) in [6.07, 6.45) is 0. The number of carbonyl (C=O) groups is 2. The lowest BCUT2D eigenvalue weighted by Crippen LogP contribution is -2.49. The number of pyridine rings is 1. The summed E-state index contributed by atoms with van der Waals surface area (Å²) in [5.74, 6) is -0.0643. The fourth-order valence-electron chi connectivity index (χ4n) is 3.94. The lowest BCUT2D eigenvalue weighted by Gasteiger charge is -2.36. The van der Waals surface area contributed by atoms with Gasteiger partial charge in [0.2, 0.25) is 0 Å². The van der Waals surface area contributed by atoms with E-state index in [1.54, 1.807) is 24.8 Å². The van der Waals surface area contributed by atoms with Crippen LogP contribution in [0.5, 0.6) is 5.75 Å². The topological polar surface area (TPSA) is 62.7 Å². The first-order chi connectivity index (χ1) is 14.9. The molecule has 0 radical (unpaired) electrons. The fourth-order valence-corrected chi connectivity index (χ4v) is 3.94. The number of carbonyl (C=O) groups excluding carboxylic acids is 2. The molecule has 0 unspecified atom stereocenters. The van der Waals surface area contributed by atoms with E-state index in [1.807, 2.05) is 24.3 Å². The summed E-state index contributed by atoms with van der Waals surface area (Å²) in [6, 6.07) is 11.9. The normalized spacial score (nSPS) is 14.1. The van der Waals surface area contributed by atoms with Crippen molar-refractivity contribution in [3.05, 3.63) is 65.1 Å². The minimum Gasteiger partial charge on any atom is -0.496 e. The fraction of sp³-hybridized carbons (Fsp3) is 0.292. The number of ketones is 1. The second kappa shape index (κ2) is 8.34. The molecule has 0 aliphatic carbocycles. The number of ether oxygens (including phenoxy) is 1. The molecule has 1 amide bonds. The summed E-state index contributed by atoms with van der Waals surface area (Å²) in [7, 11) is 1.50. The van der Waals surface area contributed by atoms with Gasteiger partial charge in [-0.3, -0.25) is 9.59 Å². The van der Waals surface area contributed by atoms with Crippen molar-refractivity contribution < 1.29 is 18.7 Å². The standard InChI is InChI=1S/C24H24FN3O3/c1-15-12-18(25)13-20-22(31-3)14-21(26-23(15)20)24(30)28-10-8-27(9-11-28)19-6-4-17(5-7-19)16(2)29/h4-7,12-14H,8-11H2,1-3H3. The maximum Gasteiger partial charge on any atom is 0.272 e. The molecule has 1 aliphatic heterocycles. The Labute approximate surface area is 180 Å². The Hall–Kier alpha value is -3.48. The van der Waals surface area contributed by atoms with Crippen molar-refractivity contribution in [2.24, 2.45) is 0 Å². The summed E-state index contributed by atoms with van der Waals surface area (Å²) >= 11 is 0. The monoisotopic (exact) mass is 421 g/mol. The summed E-state index contributed by atoms with van der Waals surface area (Å²) in [5.41, 5.74) is 3.22. The Morgan fingerprint density at radius 2 is 1.71 bits per heavy atom. The van der Waals surface area contributed by atoms with Crippen LogP contribution in [-0.4, -0.2) is 54.9 Å². The van der Waals surface area contributed by atoms with Gasteiger partial charge in [-0.25, -0.2) is 9.37 Å². The zero-order chi connectivity index (χ0) is 22.1. The number of hydrogen-bond acceptors (Lipinski definition) is 5. The Morgan fingerprint density at radius 3 is 2.32 bits per heavy atom. The molecule has 4 rings (SSSR count). The van der Waals surface area contributed by atoms with E-state index in [2.05, 4.69) is 9.88 Å². The third-order valence-corrected chi connectivity index (χ3v) is 5.68. The summed E-state index contributed by atoms with van der Waals surface area (Å²) < 4.78 is 19.2. The molecule has 3 aromatic rings. The number of aromatic nitrogens is 1. The minimum atomic E-state index is -0.364. The van der Waals surface area contributed by atoms with E-state index in [4.69, 9.17) is 4.74 Å². The lowest BCUT2D eigenvalue weighted by molar-refractivity contribution is 0.0740. The first kappa shape index (κ1) is 20.8. The second-order valence-electron chi connectivity index (χ2n) is 7.71. The number of amides is 1. The molecule has 1 fully saturated rings. The van der Waals surface area contributed by atoms with Crippen LogP contribution in [0, 0.1) is 12.7 Å². The maximum absolute atomic E-state index is 13.8. The van der Waals surface area contributed by atoms with Crippen LogP contribution >= 0.6 is 0 Å². The van der Waals surface area contributed by atoms with Crippen LogP contribution < -0.4 is 9.64 Å². The highest BCUT2D eigenvalue weighted by atomic mass is 19.1. The number of hydrogen-bond donors (Lipinski definition) is 0. The Morgan fingerprint density at radius 1 is 1.03 bits per heavy atom. The molecule has 0 saturated carbocycles. The van der Waals surface area contributed by atoms with Crippen LogP contribution in [0.3, 0.4) is 0 Å². The molecule has 31 heavy (non-hydrogen) atoms. The number of Topliss-reactive ketones (excluding diaryl/α,β-unsaturated/α-hetero) is 1. The minimum absolute atomic E-state index is 0.0401. The van der Waals surface area contributed by atoms with Gasteiger partial charge < -0.3 is 14.5 Å². The van der Waals surface area contributed by atoms with E-state index < -0.39 is 0 Å². The smallest absolute Gasteiger partial charge is 0.272 e. The largest absolute Gasteiger partial charge is 0.496 e. The molecule has 1 aliphatic rings. The van der Waals surface area contributed by atoms with Gasteiger partial charge in [-0.2, -0.15) is 0 Å². The molecule has 0 bridgehead atoms. The van der Waals surface area contributed by atoms with Crippen molar-refractivity contribution in [3.8, 4) is 5.75 Å². The number of nitrogens with zero attached hydrogens (tertiary/aromatic N) is 3. The van der Waals surface area contributed by atoms with Crippen LogP contribution in [0.15, 0.2) is 42.5 Å². The SMILES string of the molecule is COc1cc(C(=O)N2CCN(c3ccc(C(C)=O)cc3)CC2)nc2c(C)cc(F)cc12. The third-order valence-electron chi connectivity index (χ3n) is 5.68. The highest BCUT2D eigenvalue weighted by molar-refractivity contribution is 5.98. The Bertz CT molecular complexity index is 1150. The van der Waals surface area contributed by atoms with E-state index in [0.717, 1.165) is 5.69 Å². The van der Waals surface area contributed by atoms with Gasteiger partial charge in [0.05, 0.1) is 12.6 Å². The van der Waals surface area contributed by atoms with Gasteiger partial charge in [-0.1, -0.05) is 0 Å². The van der Waals surface area contributed by atoms with Crippen molar-refractivity contribution in [1.29, 1.82) is 0 Å². The molecular weight excluding hydrogens is 397 g/mol. The molecule has 0 spiro atoms.